The fraction of sp³-hybridized carbons (Fsp3) is 0.188. The van der Waals surface area contributed by atoms with Gasteiger partial charge in [0.15, 0.2) is 0 Å². The first-order chi connectivity index (χ1) is 9.28. The largest absolute Gasteiger partial charge is 0.486 e. The van der Waals surface area contributed by atoms with Crippen molar-refractivity contribution in [3.8, 4) is 11.8 Å². The smallest absolute Gasteiger partial charge is 0.124 e. The number of aryl methyl sites for hydroxylation is 1. The van der Waals surface area contributed by atoms with Crippen molar-refractivity contribution in [1.82, 2.24) is 0 Å². The molecule has 2 aromatic carbocycles. The molecule has 0 saturated heterocycles. The maximum Gasteiger partial charge on any atom is 0.124 e. The average molecular weight is 270 g/mol. The van der Waals surface area contributed by atoms with E-state index in [4.69, 9.17) is 21.6 Å². The highest BCUT2D eigenvalue weighted by Gasteiger charge is 2.23. The van der Waals surface area contributed by atoms with E-state index in [-0.39, 0.29) is 6.10 Å². The van der Waals surface area contributed by atoms with Gasteiger partial charge in [0.25, 0.3) is 0 Å². The van der Waals surface area contributed by atoms with Gasteiger partial charge in [-0.1, -0.05) is 35.9 Å². The van der Waals surface area contributed by atoms with Crippen LogP contribution in [0.4, 0.5) is 0 Å². The number of benzene rings is 2. The van der Waals surface area contributed by atoms with E-state index in [9.17, 15) is 0 Å². The monoisotopic (exact) mass is 269 g/mol. The van der Waals surface area contributed by atoms with Crippen LogP contribution in [0.2, 0.25) is 5.02 Å². The molecule has 2 aromatic rings. The Bertz CT molecular complexity index is 660. The normalized spacial score (nSPS) is 16.7. The van der Waals surface area contributed by atoms with Crippen molar-refractivity contribution in [1.29, 1.82) is 5.26 Å². The molecular formula is C16H12ClNO. The summed E-state index contributed by atoms with van der Waals surface area (Å²) in [6.07, 6.45) is 2.11. The van der Waals surface area contributed by atoms with Gasteiger partial charge in [0.05, 0.1) is 10.6 Å². The van der Waals surface area contributed by atoms with E-state index in [1.807, 2.05) is 12.1 Å². The number of rotatable bonds is 2. The minimum Gasteiger partial charge on any atom is -0.486 e. The summed E-state index contributed by atoms with van der Waals surface area (Å²) in [6, 6.07) is 15.6. The second-order valence-corrected chi connectivity index (χ2v) is 5.00. The standard InChI is InChI=1S/C16H12ClNO/c17-15-9-13(7-5-12(15)10-18)19-16-8-6-11-3-1-2-4-14(11)16/h1-5,7,9,16H,6,8H2/t16-/m0/s1. The first-order valence-electron chi connectivity index (χ1n) is 6.22. The summed E-state index contributed by atoms with van der Waals surface area (Å²) in [4.78, 5) is 0. The minimum atomic E-state index is 0.0835. The lowest BCUT2D eigenvalue weighted by atomic mass is 10.1. The van der Waals surface area contributed by atoms with E-state index in [1.165, 1.54) is 11.1 Å². The van der Waals surface area contributed by atoms with Crippen LogP contribution in [0.1, 0.15) is 29.2 Å². The highest BCUT2D eigenvalue weighted by atomic mass is 35.5. The van der Waals surface area contributed by atoms with Crippen molar-refractivity contribution in [2.24, 2.45) is 0 Å². The van der Waals surface area contributed by atoms with Gasteiger partial charge in [-0.2, -0.15) is 5.26 Å². The Kier molecular flexibility index (Phi) is 3.15. The predicted octanol–water partition coefficient (Wildman–Crippen LogP) is 4.28. The molecule has 0 unspecified atom stereocenters. The summed E-state index contributed by atoms with van der Waals surface area (Å²) < 4.78 is 5.99. The van der Waals surface area contributed by atoms with Crippen LogP contribution in [-0.4, -0.2) is 0 Å². The lowest BCUT2D eigenvalue weighted by Gasteiger charge is -2.15. The highest BCUT2D eigenvalue weighted by Crippen LogP contribution is 2.35. The van der Waals surface area contributed by atoms with Gasteiger partial charge in [-0.15, -0.1) is 0 Å². The molecule has 3 heteroatoms. The van der Waals surface area contributed by atoms with E-state index in [0.29, 0.717) is 16.3 Å². The van der Waals surface area contributed by atoms with Crippen LogP contribution in [-0.2, 0) is 6.42 Å². The first-order valence-corrected chi connectivity index (χ1v) is 6.60. The molecule has 0 heterocycles. The molecule has 1 atom stereocenters. The molecule has 0 spiro atoms. The molecule has 94 valence electrons. The van der Waals surface area contributed by atoms with Crippen LogP contribution in [0.5, 0.6) is 5.75 Å². The maximum atomic E-state index is 8.85. The van der Waals surface area contributed by atoms with E-state index >= 15 is 0 Å². The Hall–Kier alpha value is -1.98. The van der Waals surface area contributed by atoms with Gasteiger partial charge in [-0.3, -0.25) is 0 Å². The molecule has 0 radical (unpaired) electrons. The van der Waals surface area contributed by atoms with E-state index in [0.717, 1.165) is 12.8 Å². The first kappa shape index (κ1) is 12.1. The highest BCUT2D eigenvalue weighted by molar-refractivity contribution is 6.31. The third-order valence-corrected chi connectivity index (χ3v) is 3.73. The van der Waals surface area contributed by atoms with Crippen molar-refractivity contribution in [3.63, 3.8) is 0 Å². The summed E-state index contributed by atoms with van der Waals surface area (Å²) in [5, 5.41) is 9.28. The third-order valence-electron chi connectivity index (χ3n) is 3.42. The van der Waals surface area contributed by atoms with Gasteiger partial charge in [-0.25, -0.2) is 0 Å². The topological polar surface area (TPSA) is 33.0 Å². The number of halogens is 1. The lowest BCUT2D eigenvalue weighted by Crippen LogP contribution is -2.03. The predicted molar refractivity (Wildman–Crippen MR) is 74.3 cm³/mol. The Morgan fingerprint density at radius 3 is 2.84 bits per heavy atom. The molecule has 1 aliphatic carbocycles. The SMILES string of the molecule is N#Cc1ccc(O[C@H]2CCc3ccccc32)cc1Cl. The Morgan fingerprint density at radius 2 is 2.05 bits per heavy atom. The van der Waals surface area contributed by atoms with Crippen LogP contribution >= 0.6 is 11.6 Å². The molecule has 0 aliphatic heterocycles. The maximum absolute atomic E-state index is 8.85. The number of nitriles is 1. The molecule has 19 heavy (non-hydrogen) atoms. The molecule has 0 amide bonds. The fourth-order valence-corrected chi connectivity index (χ4v) is 2.68. The van der Waals surface area contributed by atoms with E-state index in [1.54, 1.807) is 18.2 Å². The van der Waals surface area contributed by atoms with Gasteiger partial charge in [0.2, 0.25) is 0 Å². The Morgan fingerprint density at radius 1 is 1.21 bits per heavy atom. The zero-order chi connectivity index (χ0) is 13.2. The second-order valence-electron chi connectivity index (χ2n) is 4.60. The van der Waals surface area contributed by atoms with Gasteiger partial charge in [0.1, 0.15) is 17.9 Å². The van der Waals surface area contributed by atoms with Crippen LogP contribution in [0.15, 0.2) is 42.5 Å². The number of hydrogen-bond donors (Lipinski definition) is 0. The van der Waals surface area contributed by atoms with Gasteiger partial charge in [0, 0.05) is 6.07 Å². The summed E-state index contributed by atoms with van der Waals surface area (Å²) in [7, 11) is 0. The van der Waals surface area contributed by atoms with Crippen molar-refractivity contribution in [3.05, 3.63) is 64.2 Å². The van der Waals surface area contributed by atoms with Gasteiger partial charge < -0.3 is 4.74 Å². The van der Waals surface area contributed by atoms with Crippen LogP contribution in [0, 0.1) is 11.3 Å². The van der Waals surface area contributed by atoms with E-state index in [2.05, 4.69) is 18.2 Å². The molecule has 3 rings (SSSR count). The minimum absolute atomic E-state index is 0.0835. The Balaban J connectivity index is 1.84. The molecule has 0 aromatic heterocycles. The van der Waals surface area contributed by atoms with Crippen molar-refractivity contribution in [2.45, 2.75) is 18.9 Å². The summed E-state index contributed by atoms with van der Waals surface area (Å²) in [6.45, 7) is 0. The molecular weight excluding hydrogens is 258 g/mol. The van der Waals surface area contributed by atoms with Crippen LogP contribution < -0.4 is 4.74 Å². The zero-order valence-electron chi connectivity index (χ0n) is 10.3. The van der Waals surface area contributed by atoms with Gasteiger partial charge in [-0.05, 0) is 36.1 Å². The number of fused-ring (bicyclic) bond motifs is 1. The summed E-state index contributed by atoms with van der Waals surface area (Å²) in [5.74, 6) is 0.714. The fourth-order valence-electron chi connectivity index (χ4n) is 2.46. The summed E-state index contributed by atoms with van der Waals surface area (Å²) >= 11 is 6.01. The van der Waals surface area contributed by atoms with Crippen molar-refractivity contribution >= 4 is 11.6 Å². The molecule has 0 fully saturated rings. The molecule has 2 nitrogen and oxygen atoms in total. The lowest BCUT2D eigenvalue weighted by molar-refractivity contribution is 0.207. The molecule has 0 bridgehead atoms. The van der Waals surface area contributed by atoms with Gasteiger partial charge >= 0.3 is 0 Å². The van der Waals surface area contributed by atoms with Crippen molar-refractivity contribution in [2.75, 3.05) is 0 Å². The summed E-state index contributed by atoms with van der Waals surface area (Å²) in [5.41, 5.74) is 3.08. The van der Waals surface area contributed by atoms with Crippen LogP contribution in [0.25, 0.3) is 0 Å². The quantitative estimate of drug-likeness (QED) is 0.815. The zero-order valence-corrected chi connectivity index (χ0v) is 11.0. The average Bonchev–Trinajstić information content (AvgIpc) is 2.83. The Labute approximate surface area is 117 Å². The molecule has 0 N–H and O–H groups in total. The molecule has 0 saturated carbocycles. The number of nitrogens with zero attached hydrogens (tertiary/aromatic N) is 1. The number of ether oxygens (including phenoxy) is 1. The van der Waals surface area contributed by atoms with Crippen LogP contribution in [0.3, 0.4) is 0 Å². The van der Waals surface area contributed by atoms with E-state index < -0.39 is 0 Å². The molecule has 1 aliphatic rings. The second kappa shape index (κ2) is 4.95. The van der Waals surface area contributed by atoms with Crippen molar-refractivity contribution < 1.29 is 4.74 Å². The third kappa shape index (κ3) is 2.30. The number of hydrogen-bond acceptors (Lipinski definition) is 2.